The van der Waals surface area contributed by atoms with E-state index in [0.29, 0.717) is 23.5 Å². The molecule has 2 aromatic heterocycles. The Morgan fingerprint density at radius 1 is 1.20 bits per heavy atom. The van der Waals surface area contributed by atoms with E-state index in [-0.39, 0.29) is 11.6 Å². The standard InChI is InChI=1S/C20H21F2N5O3.CH4O3S/c1-20(10-21,11-22)16-8-18(27-30-16)26-19(28)25-14-5-3-12(7-15(14)29-2)13-4-6-17(23)24-9-13;1-5(2,3)4/h3-9H,10-11H2,1-2H3,(H2,23,24)(H2,25,26,27,28);1H3,(H,2,3,4). The Morgan fingerprint density at radius 3 is 2.37 bits per heavy atom. The lowest BCUT2D eigenvalue weighted by molar-refractivity contribution is -0.359. The molecule has 0 spiro atoms. The van der Waals surface area contributed by atoms with Gasteiger partial charge in [-0.05, 0) is 30.7 Å². The van der Waals surface area contributed by atoms with Gasteiger partial charge in [-0.15, -0.1) is 0 Å². The molecule has 0 unspecified atom stereocenters. The zero-order valence-corrected chi connectivity index (χ0v) is 19.9. The Bertz CT molecular complexity index is 1240. The summed E-state index contributed by atoms with van der Waals surface area (Å²) in [6.07, 6.45) is 2.36. The van der Waals surface area contributed by atoms with Crippen LogP contribution in [0.4, 0.5) is 30.9 Å². The molecule has 0 aliphatic heterocycles. The quantitative estimate of drug-likeness (QED) is 0.404. The molecule has 0 saturated heterocycles. The number of anilines is 3. The van der Waals surface area contributed by atoms with Gasteiger partial charge in [0.2, 0.25) is 0 Å². The Morgan fingerprint density at radius 2 is 1.83 bits per heavy atom. The van der Waals surface area contributed by atoms with Crippen LogP contribution in [0.5, 0.6) is 5.75 Å². The number of alkyl halides is 2. The average molecular weight is 514 g/mol. The molecule has 3 aromatic rings. The number of urea groups is 1. The number of pyridine rings is 1. The lowest BCUT2D eigenvalue weighted by Gasteiger charge is -2.17. The van der Waals surface area contributed by atoms with Gasteiger partial charge < -0.3 is 19.1 Å². The molecule has 0 bridgehead atoms. The highest BCUT2D eigenvalue weighted by atomic mass is 32.2. The number of nitrogen functional groups attached to an aromatic ring is 1. The number of halogens is 2. The fraction of sp³-hybridized carbons (Fsp3) is 0.286. The first-order valence-electron chi connectivity index (χ1n) is 9.92. The lowest BCUT2D eigenvalue weighted by Crippen LogP contribution is -2.26. The number of nitrogens with two attached hydrogens (primary N) is 1. The van der Waals surface area contributed by atoms with Crippen molar-refractivity contribution in [1.82, 2.24) is 5.16 Å². The highest BCUT2D eigenvalue weighted by molar-refractivity contribution is 7.84. The van der Waals surface area contributed by atoms with Gasteiger partial charge >= 0.3 is 6.03 Å². The third-order valence-electron chi connectivity index (χ3n) is 4.56. The van der Waals surface area contributed by atoms with Crippen LogP contribution < -0.4 is 26.1 Å². The minimum atomic E-state index is -3.92. The zero-order valence-electron chi connectivity index (χ0n) is 19.1. The first kappa shape index (κ1) is 27.5. The number of benzene rings is 1. The van der Waals surface area contributed by atoms with Gasteiger partial charge in [0, 0.05) is 24.0 Å². The molecule has 0 radical (unpaired) electrons. The summed E-state index contributed by atoms with van der Waals surface area (Å²) in [7, 11) is -2.43. The molecule has 0 aliphatic carbocycles. The van der Waals surface area contributed by atoms with Crippen LogP contribution >= 0.6 is 0 Å². The number of methoxy groups -OCH3 is 1. The predicted octanol–water partition coefficient (Wildman–Crippen LogP) is 2.75. The number of aromatic amines is 1. The second kappa shape index (κ2) is 11.6. The molecule has 35 heavy (non-hydrogen) atoms. The molecular formula is C21H25F2N5O6S. The molecule has 0 fully saturated rings. The fourth-order valence-corrected chi connectivity index (χ4v) is 2.65. The maximum Gasteiger partial charge on any atom is 0.325 e. The summed E-state index contributed by atoms with van der Waals surface area (Å²) in [4.78, 5) is 15.2. The van der Waals surface area contributed by atoms with Gasteiger partial charge in [0.25, 0.3) is 5.82 Å². The van der Waals surface area contributed by atoms with Gasteiger partial charge in [0.05, 0.1) is 34.5 Å². The number of hydrogen-bond donors (Lipinski definition) is 3. The Hall–Kier alpha value is -3.78. The minimum Gasteiger partial charge on any atom is -0.748 e. The number of carbonyl (C=O) groups is 1. The summed E-state index contributed by atoms with van der Waals surface area (Å²) in [6, 6.07) is 9.51. The van der Waals surface area contributed by atoms with Crippen LogP contribution in [0, 0.1) is 0 Å². The van der Waals surface area contributed by atoms with Crippen LogP contribution in [-0.2, 0) is 15.5 Å². The van der Waals surface area contributed by atoms with Crippen LogP contribution in [-0.4, -0.2) is 50.9 Å². The van der Waals surface area contributed by atoms with Crippen molar-refractivity contribution < 1.29 is 40.8 Å². The Kier molecular flexibility index (Phi) is 9.08. The van der Waals surface area contributed by atoms with E-state index in [0.717, 1.165) is 11.1 Å². The highest BCUT2D eigenvalue weighted by Gasteiger charge is 2.32. The van der Waals surface area contributed by atoms with Crippen molar-refractivity contribution in [2.24, 2.45) is 0 Å². The zero-order chi connectivity index (χ0) is 26.2. The van der Waals surface area contributed by atoms with Gasteiger partial charge in [0.15, 0.2) is 5.82 Å². The molecule has 14 heteroatoms. The van der Waals surface area contributed by atoms with E-state index in [1.165, 1.54) is 20.1 Å². The van der Waals surface area contributed by atoms with Crippen molar-refractivity contribution in [3.8, 4) is 16.9 Å². The van der Waals surface area contributed by atoms with Gasteiger partial charge in [-0.2, -0.15) is 0 Å². The number of aromatic nitrogens is 2. The van der Waals surface area contributed by atoms with Crippen molar-refractivity contribution >= 4 is 33.5 Å². The maximum atomic E-state index is 13.1. The third-order valence-corrected chi connectivity index (χ3v) is 4.56. The van der Waals surface area contributed by atoms with Crippen LogP contribution in [0.15, 0.2) is 47.1 Å². The first-order chi connectivity index (χ1) is 16.4. The second-order valence-electron chi connectivity index (χ2n) is 7.64. The van der Waals surface area contributed by atoms with Gasteiger partial charge in [-0.1, -0.05) is 11.2 Å². The van der Waals surface area contributed by atoms with Gasteiger partial charge in [0.1, 0.15) is 24.9 Å². The molecule has 2 heterocycles. The SMILES string of the molecule is COc1cc(-c2ccc(N)[nH+]c2)ccc1NC(=O)Nc1cc(C(C)(CF)CF)on1.CS(=O)(=O)[O-]. The maximum absolute atomic E-state index is 13.1. The normalized spacial score (nSPS) is 11.3. The number of amides is 2. The van der Waals surface area contributed by atoms with E-state index in [1.54, 1.807) is 30.5 Å². The Balaban J connectivity index is 0.000000784. The van der Waals surface area contributed by atoms with Gasteiger partial charge in [-0.3, -0.25) is 11.1 Å². The summed E-state index contributed by atoms with van der Waals surface area (Å²) in [5.41, 5.74) is 6.37. The number of hydrogen-bond acceptors (Lipinski definition) is 8. The summed E-state index contributed by atoms with van der Waals surface area (Å²) in [5, 5.41) is 8.74. The van der Waals surface area contributed by atoms with Crippen molar-refractivity contribution in [1.29, 1.82) is 0 Å². The summed E-state index contributed by atoms with van der Waals surface area (Å²) in [5.74, 6) is 1.01. The van der Waals surface area contributed by atoms with Crippen LogP contribution in [0.1, 0.15) is 12.7 Å². The van der Waals surface area contributed by atoms with Crippen LogP contribution in [0.25, 0.3) is 11.1 Å². The molecule has 11 nitrogen and oxygen atoms in total. The molecule has 190 valence electrons. The predicted molar refractivity (Wildman–Crippen MR) is 123 cm³/mol. The third kappa shape index (κ3) is 8.19. The minimum absolute atomic E-state index is 0.00466. The molecule has 2 amide bonds. The molecule has 1 aromatic carbocycles. The van der Waals surface area contributed by atoms with Gasteiger partial charge in [-0.25, -0.2) is 27.0 Å². The molecule has 5 N–H and O–H groups in total. The lowest BCUT2D eigenvalue weighted by atomic mass is 9.91. The fourth-order valence-electron chi connectivity index (χ4n) is 2.65. The molecule has 3 rings (SSSR count). The van der Waals surface area contributed by atoms with E-state index in [4.69, 9.17) is 28.0 Å². The first-order valence-corrected chi connectivity index (χ1v) is 11.7. The van der Waals surface area contributed by atoms with E-state index in [1.807, 2.05) is 6.07 Å². The molecular weight excluding hydrogens is 488 g/mol. The monoisotopic (exact) mass is 513 g/mol. The molecule has 0 atom stereocenters. The van der Waals surface area contributed by atoms with E-state index in [2.05, 4.69) is 20.8 Å². The largest absolute Gasteiger partial charge is 0.748 e. The summed E-state index contributed by atoms with van der Waals surface area (Å²) < 4.78 is 63.8. The number of rotatable bonds is 7. The molecule has 0 aliphatic rings. The average Bonchev–Trinajstić information content (AvgIpc) is 3.27. The van der Waals surface area contributed by atoms with E-state index < -0.39 is 34.9 Å². The second-order valence-corrected chi connectivity index (χ2v) is 9.04. The number of nitrogens with one attached hydrogen (secondary N) is 3. The smallest absolute Gasteiger partial charge is 0.325 e. The van der Waals surface area contributed by atoms with E-state index >= 15 is 0 Å². The Labute approximate surface area is 200 Å². The number of ether oxygens (including phenoxy) is 1. The van der Waals surface area contributed by atoms with Crippen molar-refractivity contribution in [3.63, 3.8) is 0 Å². The summed E-state index contributed by atoms with van der Waals surface area (Å²) >= 11 is 0. The van der Waals surface area contributed by atoms with Crippen molar-refractivity contribution in [2.75, 3.05) is 43.1 Å². The number of carbonyl (C=O) groups excluding carboxylic acids is 1. The topological polar surface area (TPSA) is 174 Å². The van der Waals surface area contributed by atoms with Crippen LogP contribution in [0.3, 0.4) is 0 Å². The summed E-state index contributed by atoms with van der Waals surface area (Å²) in [6.45, 7) is -0.554. The number of H-pyrrole nitrogens is 1. The van der Waals surface area contributed by atoms with Crippen molar-refractivity contribution in [2.45, 2.75) is 12.3 Å². The van der Waals surface area contributed by atoms with E-state index in [9.17, 15) is 13.6 Å². The van der Waals surface area contributed by atoms with Crippen molar-refractivity contribution in [3.05, 3.63) is 48.4 Å². The van der Waals surface area contributed by atoms with Crippen LogP contribution in [0.2, 0.25) is 0 Å². The number of nitrogens with zero attached hydrogens (tertiary/aromatic N) is 1. The molecule has 0 saturated carbocycles. The highest BCUT2D eigenvalue weighted by Crippen LogP contribution is 2.31.